The van der Waals surface area contributed by atoms with Crippen molar-refractivity contribution in [2.45, 2.75) is 58.0 Å². The molecule has 1 nitrogen and oxygen atoms in total. The summed E-state index contributed by atoms with van der Waals surface area (Å²) in [6.45, 7) is 3.21. The largest absolute Gasteiger partial charge is 0.378 e. The monoisotopic (exact) mass is 262 g/mol. The third-order valence-corrected chi connectivity index (χ3v) is 3.95. The fourth-order valence-corrected chi connectivity index (χ4v) is 2.63. The highest BCUT2D eigenvalue weighted by atomic mass is 79.9. The van der Waals surface area contributed by atoms with E-state index in [0.29, 0.717) is 6.10 Å². The Balaban J connectivity index is 2.10. The summed E-state index contributed by atoms with van der Waals surface area (Å²) in [5.41, 5.74) is 0. The lowest BCUT2D eigenvalue weighted by Gasteiger charge is -2.24. The molecule has 0 aromatic heterocycles. The zero-order chi connectivity index (χ0) is 10.2. The molecule has 2 heteroatoms. The predicted molar refractivity (Wildman–Crippen MR) is 65.0 cm³/mol. The summed E-state index contributed by atoms with van der Waals surface area (Å²) in [5.74, 6) is 0.724. The van der Waals surface area contributed by atoms with Crippen LogP contribution in [-0.2, 0) is 4.74 Å². The molecule has 1 atom stereocenters. The minimum absolute atomic E-state index is 0.571. The highest BCUT2D eigenvalue weighted by Crippen LogP contribution is 2.21. The molecule has 84 valence electrons. The van der Waals surface area contributed by atoms with Crippen molar-refractivity contribution >= 4 is 15.9 Å². The lowest BCUT2D eigenvalue weighted by atomic mass is 9.97. The van der Waals surface area contributed by atoms with Gasteiger partial charge in [0.1, 0.15) is 0 Å². The fraction of sp³-hybridized carbons (Fsp3) is 1.00. The molecule has 1 unspecified atom stereocenters. The van der Waals surface area contributed by atoms with E-state index in [0.717, 1.165) is 17.9 Å². The van der Waals surface area contributed by atoms with Crippen LogP contribution in [0, 0.1) is 5.92 Å². The highest BCUT2D eigenvalue weighted by molar-refractivity contribution is 9.09. The quantitative estimate of drug-likeness (QED) is 0.654. The molecule has 0 spiro atoms. The Bertz CT molecular complexity index is 128. The fourth-order valence-electron chi connectivity index (χ4n) is 2.12. The lowest BCUT2D eigenvalue weighted by Crippen LogP contribution is -2.21. The molecule has 0 amide bonds. The summed E-state index contributed by atoms with van der Waals surface area (Å²) < 4.78 is 5.96. The molecule has 1 aliphatic carbocycles. The second-order valence-corrected chi connectivity index (χ2v) is 5.05. The molecule has 0 aliphatic heterocycles. The van der Waals surface area contributed by atoms with Crippen molar-refractivity contribution in [3.05, 3.63) is 0 Å². The number of halogens is 1. The molecule has 0 N–H and O–H groups in total. The van der Waals surface area contributed by atoms with Crippen LogP contribution in [0.1, 0.15) is 51.9 Å². The first-order valence-electron chi connectivity index (χ1n) is 6.04. The van der Waals surface area contributed by atoms with E-state index in [2.05, 4.69) is 22.9 Å². The smallest absolute Gasteiger partial charge is 0.0575 e. The third-order valence-electron chi connectivity index (χ3n) is 3.03. The van der Waals surface area contributed by atoms with Gasteiger partial charge in [-0.15, -0.1) is 0 Å². The molecular formula is C12H23BrO. The van der Waals surface area contributed by atoms with Crippen LogP contribution in [0.5, 0.6) is 0 Å². The summed E-state index contributed by atoms with van der Waals surface area (Å²) in [4.78, 5) is 0. The van der Waals surface area contributed by atoms with Crippen molar-refractivity contribution in [1.82, 2.24) is 0 Å². The van der Waals surface area contributed by atoms with Gasteiger partial charge in [-0.2, -0.15) is 0 Å². The number of rotatable bonds is 6. The first-order chi connectivity index (χ1) is 6.86. The second-order valence-electron chi connectivity index (χ2n) is 4.40. The van der Waals surface area contributed by atoms with E-state index in [-0.39, 0.29) is 0 Å². The molecule has 0 heterocycles. The van der Waals surface area contributed by atoms with E-state index in [9.17, 15) is 0 Å². The van der Waals surface area contributed by atoms with Crippen LogP contribution < -0.4 is 0 Å². The minimum Gasteiger partial charge on any atom is -0.378 e. The highest BCUT2D eigenvalue weighted by Gasteiger charge is 2.15. The standard InChI is InChI=1S/C12H23BrO/c1-2-6-11(9-13)10-14-12-7-4-3-5-8-12/h11-12H,2-10H2,1H3. The number of hydrogen-bond donors (Lipinski definition) is 0. The van der Waals surface area contributed by atoms with E-state index in [4.69, 9.17) is 4.74 Å². The van der Waals surface area contributed by atoms with E-state index < -0.39 is 0 Å². The van der Waals surface area contributed by atoms with Crippen molar-refractivity contribution < 1.29 is 4.74 Å². The maximum Gasteiger partial charge on any atom is 0.0575 e. The van der Waals surface area contributed by atoms with Gasteiger partial charge < -0.3 is 4.74 Å². The van der Waals surface area contributed by atoms with Crippen LogP contribution in [0.3, 0.4) is 0 Å². The topological polar surface area (TPSA) is 9.23 Å². The third kappa shape index (κ3) is 4.79. The molecule has 1 saturated carbocycles. The Kier molecular flexibility index (Phi) is 6.88. The average Bonchev–Trinajstić information content (AvgIpc) is 2.25. The predicted octanol–water partition coefficient (Wildman–Crippen LogP) is 4.15. The van der Waals surface area contributed by atoms with Crippen molar-refractivity contribution in [3.63, 3.8) is 0 Å². The van der Waals surface area contributed by atoms with Crippen molar-refractivity contribution in [2.75, 3.05) is 11.9 Å². The van der Waals surface area contributed by atoms with Crippen LogP contribution in [-0.4, -0.2) is 18.0 Å². The molecule has 0 saturated heterocycles. The number of ether oxygens (including phenoxy) is 1. The van der Waals surface area contributed by atoms with Gasteiger partial charge in [0.15, 0.2) is 0 Å². The van der Waals surface area contributed by atoms with Crippen LogP contribution in [0.2, 0.25) is 0 Å². The number of alkyl halides is 1. The molecule has 0 bridgehead atoms. The molecule has 0 aromatic rings. The van der Waals surface area contributed by atoms with Gasteiger partial charge in [-0.05, 0) is 25.2 Å². The summed E-state index contributed by atoms with van der Waals surface area (Å²) in [6, 6.07) is 0. The maximum absolute atomic E-state index is 5.96. The number of hydrogen-bond acceptors (Lipinski definition) is 1. The molecule has 1 rings (SSSR count). The zero-order valence-electron chi connectivity index (χ0n) is 9.30. The minimum atomic E-state index is 0.571. The summed E-state index contributed by atoms with van der Waals surface area (Å²) >= 11 is 3.56. The van der Waals surface area contributed by atoms with E-state index in [1.807, 2.05) is 0 Å². The van der Waals surface area contributed by atoms with E-state index in [1.54, 1.807) is 0 Å². The Morgan fingerprint density at radius 1 is 1.29 bits per heavy atom. The second kappa shape index (κ2) is 7.70. The van der Waals surface area contributed by atoms with Crippen LogP contribution >= 0.6 is 15.9 Å². The average molecular weight is 263 g/mol. The van der Waals surface area contributed by atoms with E-state index >= 15 is 0 Å². The summed E-state index contributed by atoms with van der Waals surface area (Å²) in [7, 11) is 0. The molecular weight excluding hydrogens is 240 g/mol. The van der Waals surface area contributed by atoms with E-state index in [1.165, 1.54) is 44.9 Å². The van der Waals surface area contributed by atoms with Gasteiger partial charge in [-0.1, -0.05) is 48.5 Å². The van der Waals surface area contributed by atoms with Crippen LogP contribution in [0.15, 0.2) is 0 Å². The maximum atomic E-state index is 5.96. The molecule has 14 heavy (non-hydrogen) atoms. The Morgan fingerprint density at radius 2 is 2.00 bits per heavy atom. The SMILES string of the molecule is CCCC(CBr)COC1CCCCC1. The van der Waals surface area contributed by atoms with Gasteiger partial charge in [0.05, 0.1) is 12.7 Å². The molecule has 0 aromatic carbocycles. The molecule has 1 fully saturated rings. The van der Waals surface area contributed by atoms with Gasteiger partial charge in [0.25, 0.3) is 0 Å². The summed E-state index contributed by atoms with van der Waals surface area (Å²) in [6.07, 6.45) is 9.87. The van der Waals surface area contributed by atoms with Crippen molar-refractivity contribution in [3.8, 4) is 0 Å². The Hall–Kier alpha value is 0.440. The normalized spacial score (nSPS) is 21.0. The first-order valence-corrected chi connectivity index (χ1v) is 7.16. The zero-order valence-corrected chi connectivity index (χ0v) is 10.9. The van der Waals surface area contributed by atoms with Crippen molar-refractivity contribution in [1.29, 1.82) is 0 Å². The Morgan fingerprint density at radius 3 is 2.57 bits per heavy atom. The lowest BCUT2D eigenvalue weighted by molar-refractivity contribution is 0.0104. The summed E-state index contributed by atoms with van der Waals surface area (Å²) in [5, 5.41) is 1.09. The molecule has 1 aliphatic rings. The first kappa shape index (κ1) is 12.5. The van der Waals surface area contributed by atoms with Crippen molar-refractivity contribution in [2.24, 2.45) is 5.92 Å². The van der Waals surface area contributed by atoms with Gasteiger partial charge in [-0.25, -0.2) is 0 Å². The van der Waals surface area contributed by atoms with Gasteiger partial charge in [-0.3, -0.25) is 0 Å². The van der Waals surface area contributed by atoms with Gasteiger partial charge in [0, 0.05) is 5.33 Å². The van der Waals surface area contributed by atoms with Gasteiger partial charge >= 0.3 is 0 Å². The van der Waals surface area contributed by atoms with Gasteiger partial charge in [0.2, 0.25) is 0 Å². The van der Waals surface area contributed by atoms with Crippen LogP contribution in [0.4, 0.5) is 0 Å². The van der Waals surface area contributed by atoms with Crippen LogP contribution in [0.25, 0.3) is 0 Å². The molecule has 0 radical (unpaired) electrons. The Labute approximate surface area is 96.7 Å².